The summed E-state index contributed by atoms with van der Waals surface area (Å²) in [5.74, 6) is 0.371. The Balaban J connectivity index is 1.86. The molecule has 2 aromatic heterocycles. The molecule has 3 rings (SSSR count). The van der Waals surface area contributed by atoms with Crippen molar-refractivity contribution in [1.82, 2.24) is 23.6 Å². The highest BCUT2D eigenvalue weighted by Gasteiger charge is 2.30. The third kappa shape index (κ3) is 3.74. The highest BCUT2D eigenvalue weighted by Crippen LogP contribution is 2.33. The lowest BCUT2D eigenvalue weighted by Gasteiger charge is -2.02. The molecule has 0 atom stereocenters. The third-order valence-electron chi connectivity index (χ3n) is 3.62. The first-order chi connectivity index (χ1) is 11.8. The van der Waals surface area contributed by atoms with Crippen LogP contribution < -0.4 is 15.2 Å². The standard InChI is InChI=1S/C13H18N6O4S2/c1-3-6-17-7-8-24-12(17)16-25(22,23)15-11(20)19-13(21)18(9(2)14-19)10-4-5-10/h7-8,10H,3-6H2,1-2H3,(H,15,20)/b16-12+. The fourth-order valence-corrected chi connectivity index (χ4v) is 4.17. The van der Waals surface area contributed by atoms with Crippen molar-refractivity contribution in [1.29, 1.82) is 0 Å². The number of hydrogen-bond donors (Lipinski definition) is 1. The van der Waals surface area contributed by atoms with Crippen LogP contribution in [0.4, 0.5) is 4.79 Å². The number of carbonyl (C=O) groups is 1. The number of nitrogens with zero attached hydrogens (tertiary/aromatic N) is 5. The van der Waals surface area contributed by atoms with Gasteiger partial charge in [0.25, 0.3) is 0 Å². The van der Waals surface area contributed by atoms with Crippen molar-refractivity contribution in [2.45, 2.75) is 45.7 Å². The molecule has 2 aromatic rings. The first kappa shape index (κ1) is 17.6. The van der Waals surface area contributed by atoms with E-state index in [1.807, 2.05) is 6.92 Å². The van der Waals surface area contributed by atoms with Gasteiger partial charge in [0.1, 0.15) is 5.82 Å². The van der Waals surface area contributed by atoms with Crippen LogP contribution in [0.3, 0.4) is 0 Å². The molecule has 136 valence electrons. The molecule has 0 spiro atoms. The van der Waals surface area contributed by atoms with Gasteiger partial charge in [0, 0.05) is 24.2 Å². The normalized spacial score (nSPS) is 15.5. The van der Waals surface area contributed by atoms with Crippen molar-refractivity contribution >= 4 is 27.6 Å². The molecular formula is C13H18N6O4S2. The Hall–Kier alpha value is -2.21. The maximum absolute atomic E-state index is 12.2. The summed E-state index contributed by atoms with van der Waals surface area (Å²) in [6, 6.07) is -1.11. The van der Waals surface area contributed by atoms with Gasteiger partial charge >= 0.3 is 21.9 Å². The summed E-state index contributed by atoms with van der Waals surface area (Å²) >= 11 is 1.14. The maximum Gasteiger partial charge on any atom is 0.361 e. The largest absolute Gasteiger partial charge is 0.361 e. The maximum atomic E-state index is 12.2. The quantitative estimate of drug-likeness (QED) is 0.796. The third-order valence-corrected chi connectivity index (χ3v) is 5.38. The second-order valence-electron chi connectivity index (χ2n) is 5.70. The van der Waals surface area contributed by atoms with Gasteiger partial charge < -0.3 is 4.57 Å². The van der Waals surface area contributed by atoms with E-state index in [4.69, 9.17) is 0 Å². The first-order valence-corrected chi connectivity index (χ1v) is 10.1. The average molecular weight is 386 g/mol. The van der Waals surface area contributed by atoms with Crippen LogP contribution in [0.5, 0.6) is 0 Å². The van der Waals surface area contributed by atoms with Gasteiger partial charge in [-0.2, -0.15) is 8.42 Å². The molecular weight excluding hydrogens is 368 g/mol. The van der Waals surface area contributed by atoms with Crippen LogP contribution >= 0.6 is 11.3 Å². The molecule has 1 saturated carbocycles. The summed E-state index contributed by atoms with van der Waals surface area (Å²) in [6.07, 6.45) is 4.22. The average Bonchev–Trinajstić information content (AvgIpc) is 3.19. The van der Waals surface area contributed by atoms with Crippen molar-refractivity contribution in [2.75, 3.05) is 0 Å². The Morgan fingerprint density at radius 3 is 2.84 bits per heavy atom. The van der Waals surface area contributed by atoms with Gasteiger partial charge in [0.15, 0.2) is 0 Å². The highest BCUT2D eigenvalue weighted by molar-refractivity contribution is 7.88. The van der Waals surface area contributed by atoms with E-state index in [0.717, 1.165) is 30.6 Å². The van der Waals surface area contributed by atoms with E-state index in [2.05, 4.69) is 9.50 Å². The number of carbonyl (C=O) groups excluding carboxylic acids is 1. The molecule has 1 amide bonds. The van der Waals surface area contributed by atoms with E-state index in [9.17, 15) is 18.0 Å². The van der Waals surface area contributed by atoms with E-state index >= 15 is 0 Å². The van der Waals surface area contributed by atoms with E-state index < -0.39 is 21.9 Å². The minimum atomic E-state index is -4.31. The van der Waals surface area contributed by atoms with Crippen molar-refractivity contribution in [3.05, 3.63) is 32.7 Å². The molecule has 1 aliphatic rings. The lowest BCUT2D eigenvalue weighted by Crippen LogP contribution is -2.40. The Kier molecular flexibility index (Phi) is 4.64. The second kappa shape index (κ2) is 6.59. The van der Waals surface area contributed by atoms with Crippen LogP contribution in [0.15, 0.2) is 20.8 Å². The molecule has 0 bridgehead atoms. The Labute approximate surface area is 147 Å². The molecule has 10 nitrogen and oxygen atoms in total. The summed E-state index contributed by atoms with van der Waals surface area (Å²) in [5.41, 5.74) is -0.648. The summed E-state index contributed by atoms with van der Waals surface area (Å²) in [7, 11) is -4.31. The molecule has 0 unspecified atom stereocenters. The van der Waals surface area contributed by atoms with Crippen molar-refractivity contribution in [3.63, 3.8) is 0 Å². The predicted molar refractivity (Wildman–Crippen MR) is 90.5 cm³/mol. The Morgan fingerprint density at radius 1 is 1.48 bits per heavy atom. The summed E-state index contributed by atoms with van der Waals surface area (Å²) < 4.78 is 33.2. The predicted octanol–water partition coefficient (Wildman–Crippen LogP) is 0.365. The SMILES string of the molecule is CCCn1ccs/c1=N/S(=O)(=O)NC(=O)n1nc(C)n(C2CC2)c1=O. The van der Waals surface area contributed by atoms with Crippen LogP contribution in [0, 0.1) is 6.92 Å². The van der Waals surface area contributed by atoms with E-state index in [1.165, 1.54) is 4.57 Å². The number of aryl methyl sites for hydroxylation is 2. The molecule has 1 N–H and O–H groups in total. The molecule has 0 aliphatic heterocycles. The van der Waals surface area contributed by atoms with Gasteiger partial charge in [-0.15, -0.1) is 25.5 Å². The van der Waals surface area contributed by atoms with Crippen LogP contribution in [0.2, 0.25) is 0 Å². The van der Waals surface area contributed by atoms with Crippen LogP contribution in [0.25, 0.3) is 0 Å². The molecule has 0 aromatic carbocycles. The Bertz CT molecular complexity index is 1020. The van der Waals surface area contributed by atoms with Crippen molar-refractivity contribution < 1.29 is 13.2 Å². The van der Waals surface area contributed by atoms with Crippen LogP contribution in [-0.2, 0) is 16.8 Å². The van der Waals surface area contributed by atoms with Gasteiger partial charge in [0.05, 0.1) is 0 Å². The zero-order valence-electron chi connectivity index (χ0n) is 13.7. The first-order valence-electron chi connectivity index (χ1n) is 7.77. The Morgan fingerprint density at radius 2 is 2.20 bits per heavy atom. The minimum Gasteiger partial charge on any atom is -0.323 e. The second-order valence-corrected chi connectivity index (χ2v) is 7.91. The van der Waals surface area contributed by atoms with Gasteiger partial charge in [-0.05, 0) is 26.2 Å². The van der Waals surface area contributed by atoms with Gasteiger partial charge in [0.2, 0.25) is 4.80 Å². The van der Waals surface area contributed by atoms with E-state index in [-0.39, 0.29) is 10.8 Å². The van der Waals surface area contributed by atoms with Crippen LogP contribution in [0.1, 0.15) is 38.1 Å². The molecule has 25 heavy (non-hydrogen) atoms. The molecule has 1 aliphatic carbocycles. The smallest absolute Gasteiger partial charge is 0.323 e. The topological polar surface area (TPSA) is 120 Å². The number of thiazole rings is 1. The van der Waals surface area contributed by atoms with Crippen LogP contribution in [-0.4, -0.2) is 33.4 Å². The number of amides is 1. The van der Waals surface area contributed by atoms with Crippen molar-refractivity contribution in [2.24, 2.45) is 4.40 Å². The number of hydrogen-bond acceptors (Lipinski definition) is 6. The lowest BCUT2D eigenvalue weighted by molar-refractivity contribution is 0.243. The zero-order valence-corrected chi connectivity index (χ0v) is 15.4. The number of rotatable bonds is 5. The molecule has 12 heteroatoms. The monoisotopic (exact) mass is 386 g/mol. The molecule has 0 radical (unpaired) electrons. The fraction of sp³-hybridized carbons (Fsp3) is 0.538. The summed E-state index contributed by atoms with van der Waals surface area (Å²) in [6.45, 7) is 4.16. The van der Waals surface area contributed by atoms with E-state index in [1.54, 1.807) is 27.8 Å². The summed E-state index contributed by atoms with van der Waals surface area (Å²) in [4.78, 5) is 24.6. The van der Waals surface area contributed by atoms with Gasteiger partial charge in [-0.3, -0.25) is 4.57 Å². The summed E-state index contributed by atoms with van der Waals surface area (Å²) in [5, 5.41) is 5.55. The highest BCUT2D eigenvalue weighted by atomic mass is 32.2. The number of aromatic nitrogens is 4. The molecule has 2 heterocycles. The number of nitrogens with one attached hydrogen (secondary N) is 1. The van der Waals surface area contributed by atoms with E-state index in [0.29, 0.717) is 17.1 Å². The van der Waals surface area contributed by atoms with Gasteiger partial charge in [-0.25, -0.2) is 14.3 Å². The lowest BCUT2D eigenvalue weighted by atomic mass is 10.5. The molecule has 1 fully saturated rings. The fourth-order valence-electron chi connectivity index (χ4n) is 2.42. The minimum absolute atomic E-state index is 0.0365. The van der Waals surface area contributed by atoms with Gasteiger partial charge in [-0.1, -0.05) is 6.92 Å². The zero-order chi connectivity index (χ0) is 18.2. The van der Waals surface area contributed by atoms with Crippen molar-refractivity contribution in [3.8, 4) is 0 Å². The molecule has 0 saturated heterocycles.